The molecule has 138 valence electrons. The number of hydrogen-bond acceptors (Lipinski definition) is 6. The molecule has 1 fully saturated rings. The predicted molar refractivity (Wildman–Crippen MR) is 95.9 cm³/mol. The van der Waals surface area contributed by atoms with Gasteiger partial charge in [0.05, 0.1) is 18.4 Å². The van der Waals surface area contributed by atoms with Gasteiger partial charge in [-0.1, -0.05) is 0 Å². The zero-order chi connectivity index (χ0) is 18.4. The summed E-state index contributed by atoms with van der Waals surface area (Å²) in [5.41, 5.74) is 0.563. The molecule has 2 N–H and O–H groups in total. The minimum Gasteiger partial charge on any atom is -0.459 e. The van der Waals surface area contributed by atoms with E-state index in [1.807, 2.05) is 4.90 Å². The van der Waals surface area contributed by atoms with Crippen LogP contribution in [0.25, 0.3) is 0 Å². The number of aromatic nitrogens is 1. The Morgan fingerprint density at radius 1 is 1.27 bits per heavy atom. The number of rotatable bonds is 7. The van der Waals surface area contributed by atoms with Gasteiger partial charge in [0.1, 0.15) is 0 Å². The topological polar surface area (TPSA) is 105 Å². The number of amides is 3. The van der Waals surface area contributed by atoms with E-state index in [4.69, 9.17) is 4.42 Å². The smallest absolute Gasteiger partial charge is 0.293 e. The number of anilines is 1. The van der Waals surface area contributed by atoms with Crippen molar-refractivity contribution in [3.63, 3.8) is 0 Å². The first-order valence-corrected chi connectivity index (χ1v) is 9.33. The maximum atomic E-state index is 12.0. The summed E-state index contributed by atoms with van der Waals surface area (Å²) in [7, 11) is 0. The van der Waals surface area contributed by atoms with E-state index in [-0.39, 0.29) is 29.9 Å². The lowest BCUT2D eigenvalue weighted by atomic mass is 10.3. The third-order valence-electron chi connectivity index (χ3n) is 3.98. The van der Waals surface area contributed by atoms with Crippen LogP contribution in [0.5, 0.6) is 0 Å². The van der Waals surface area contributed by atoms with Crippen LogP contribution in [0, 0.1) is 0 Å². The fraction of sp³-hybridized carbons (Fsp3) is 0.412. The summed E-state index contributed by atoms with van der Waals surface area (Å²) < 4.78 is 5.01. The van der Waals surface area contributed by atoms with Crippen LogP contribution in [-0.2, 0) is 16.0 Å². The summed E-state index contributed by atoms with van der Waals surface area (Å²) in [6.07, 6.45) is 3.95. The average molecular weight is 376 g/mol. The molecular formula is C17H20N4O4S. The zero-order valence-corrected chi connectivity index (χ0v) is 15.0. The summed E-state index contributed by atoms with van der Waals surface area (Å²) in [6.45, 7) is 1.95. The van der Waals surface area contributed by atoms with Gasteiger partial charge in [0.15, 0.2) is 10.9 Å². The first kappa shape index (κ1) is 18.1. The maximum absolute atomic E-state index is 12.0. The number of likely N-dealkylation sites (tertiary alicyclic amines) is 1. The lowest BCUT2D eigenvalue weighted by Gasteiger charge is -2.15. The quantitative estimate of drug-likeness (QED) is 0.765. The van der Waals surface area contributed by atoms with E-state index in [0.717, 1.165) is 25.9 Å². The fourth-order valence-electron chi connectivity index (χ4n) is 2.67. The standard InChI is InChI=1S/C17H20N4O4S/c22-14(18-6-5-15(23)21-7-1-2-8-21)10-12-11-26-17(19-12)20-16(24)13-4-3-9-25-13/h3-4,9,11H,1-2,5-8,10H2,(H,18,22)(H,19,20,24). The maximum Gasteiger partial charge on any atom is 0.293 e. The molecular weight excluding hydrogens is 356 g/mol. The van der Waals surface area contributed by atoms with E-state index in [1.54, 1.807) is 17.5 Å². The van der Waals surface area contributed by atoms with Crippen LogP contribution >= 0.6 is 11.3 Å². The molecule has 1 aliphatic rings. The minimum absolute atomic E-state index is 0.0828. The van der Waals surface area contributed by atoms with Gasteiger partial charge in [-0.3, -0.25) is 19.7 Å². The second-order valence-corrected chi connectivity index (χ2v) is 6.80. The molecule has 0 spiro atoms. The number of furan rings is 1. The third kappa shape index (κ3) is 4.92. The Morgan fingerprint density at radius 3 is 2.81 bits per heavy atom. The summed E-state index contributed by atoms with van der Waals surface area (Å²) in [5, 5.41) is 7.47. The summed E-state index contributed by atoms with van der Waals surface area (Å²) in [5.74, 6) is -0.309. The van der Waals surface area contributed by atoms with Crippen molar-refractivity contribution in [3.8, 4) is 0 Å². The molecule has 1 saturated heterocycles. The molecule has 0 radical (unpaired) electrons. The number of nitrogens with one attached hydrogen (secondary N) is 2. The van der Waals surface area contributed by atoms with Crippen LogP contribution in [0.3, 0.4) is 0 Å². The Morgan fingerprint density at radius 2 is 2.08 bits per heavy atom. The highest BCUT2D eigenvalue weighted by atomic mass is 32.1. The highest BCUT2D eigenvalue weighted by Gasteiger charge is 2.17. The van der Waals surface area contributed by atoms with E-state index in [2.05, 4.69) is 15.6 Å². The molecule has 0 aromatic carbocycles. The minimum atomic E-state index is -0.388. The van der Waals surface area contributed by atoms with E-state index in [9.17, 15) is 14.4 Å². The lowest BCUT2D eigenvalue weighted by molar-refractivity contribution is -0.130. The van der Waals surface area contributed by atoms with E-state index >= 15 is 0 Å². The molecule has 9 heteroatoms. The van der Waals surface area contributed by atoms with Gasteiger partial charge in [-0.15, -0.1) is 11.3 Å². The Bertz CT molecular complexity index is 766. The number of thiazole rings is 1. The van der Waals surface area contributed by atoms with Crippen molar-refractivity contribution in [3.05, 3.63) is 35.2 Å². The average Bonchev–Trinajstić information content (AvgIpc) is 3.37. The third-order valence-corrected chi connectivity index (χ3v) is 4.79. The summed E-state index contributed by atoms with van der Waals surface area (Å²) in [6, 6.07) is 3.18. The molecule has 8 nitrogen and oxygen atoms in total. The van der Waals surface area contributed by atoms with Gasteiger partial charge in [-0.25, -0.2) is 4.98 Å². The SMILES string of the molecule is O=C(Cc1csc(NC(=O)c2ccco2)n1)NCCC(=O)N1CCCC1. The molecule has 0 aliphatic carbocycles. The first-order chi connectivity index (χ1) is 12.6. The normalized spacial score (nSPS) is 13.6. The van der Waals surface area contributed by atoms with Crippen molar-refractivity contribution in [1.82, 2.24) is 15.2 Å². The van der Waals surface area contributed by atoms with Crippen molar-refractivity contribution in [2.45, 2.75) is 25.7 Å². The molecule has 3 amide bonds. The van der Waals surface area contributed by atoms with Crippen molar-refractivity contribution >= 4 is 34.2 Å². The highest BCUT2D eigenvalue weighted by Crippen LogP contribution is 2.17. The number of nitrogens with zero attached hydrogens (tertiary/aromatic N) is 2. The van der Waals surface area contributed by atoms with Crippen molar-refractivity contribution in [2.24, 2.45) is 0 Å². The van der Waals surface area contributed by atoms with Crippen molar-refractivity contribution < 1.29 is 18.8 Å². The van der Waals surface area contributed by atoms with Crippen LogP contribution in [0.1, 0.15) is 35.5 Å². The van der Waals surface area contributed by atoms with Crippen molar-refractivity contribution in [1.29, 1.82) is 0 Å². The van der Waals surface area contributed by atoms with E-state index in [0.29, 0.717) is 23.8 Å². The fourth-order valence-corrected chi connectivity index (χ4v) is 3.38. The molecule has 0 unspecified atom stereocenters. The molecule has 2 aromatic heterocycles. The second-order valence-electron chi connectivity index (χ2n) is 5.94. The Kier molecular flexibility index (Phi) is 6.00. The van der Waals surface area contributed by atoms with Gasteiger partial charge in [0.25, 0.3) is 5.91 Å². The molecule has 1 aliphatic heterocycles. The predicted octanol–water partition coefficient (Wildman–Crippen LogP) is 1.66. The summed E-state index contributed by atoms with van der Waals surface area (Å²) >= 11 is 1.24. The van der Waals surface area contributed by atoms with Crippen LogP contribution in [-0.4, -0.2) is 47.2 Å². The molecule has 2 aromatic rings. The zero-order valence-electron chi connectivity index (χ0n) is 14.2. The van der Waals surface area contributed by atoms with Gasteiger partial charge in [-0.2, -0.15) is 0 Å². The number of carbonyl (C=O) groups is 3. The molecule has 0 atom stereocenters. The molecule has 0 bridgehead atoms. The lowest BCUT2D eigenvalue weighted by Crippen LogP contribution is -2.33. The van der Waals surface area contributed by atoms with Gasteiger partial charge in [0.2, 0.25) is 11.8 Å². The Hall–Kier alpha value is -2.68. The van der Waals surface area contributed by atoms with Crippen LogP contribution < -0.4 is 10.6 Å². The van der Waals surface area contributed by atoms with Gasteiger partial charge < -0.3 is 14.6 Å². The highest BCUT2D eigenvalue weighted by molar-refractivity contribution is 7.14. The van der Waals surface area contributed by atoms with Crippen LogP contribution in [0.2, 0.25) is 0 Å². The first-order valence-electron chi connectivity index (χ1n) is 8.45. The van der Waals surface area contributed by atoms with Gasteiger partial charge >= 0.3 is 0 Å². The van der Waals surface area contributed by atoms with Crippen molar-refractivity contribution in [2.75, 3.05) is 25.0 Å². The summed E-state index contributed by atoms with van der Waals surface area (Å²) in [4.78, 5) is 41.8. The van der Waals surface area contributed by atoms with E-state index < -0.39 is 0 Å². The van der Waals surface area contributed by atoms with Gasteiger partial charge in [-0.05, 0) is 25.0 Å². The van der Waals surface area contributed by atoms with Crippen LogP contribution in [0.4, 0.5) is 5.13 Å². The number of hydrogen-bond donors (Lipinski definition) is 2. The Labute approximate surface area is 154 Å². The van der Waals surface area contributed by atoms with Gasteiger partial charge in [0, 0.05) is 31.4 Å². The monoisotopic (exact) mass is 376 g/mol. The molecule has 3 rings (SSSR count). The van der Waals surface area contributed by atoms with Crippen LogP contribution in [0.15, 0.2) is 28.2 Å². The molecule has 0 saturated carbocycles. The Balaban J connectivity index is 1.40. The largest absolute Gasteiger partial charge is 0.459 e. The molecule has 26 heavy (non-hydrogen) atoms. The number of carbonyl (C=O) groups excluding carboxylic acids is 3. The molecule has 3 heterocycles. The van der Waals surface area contributed by atoms with E-state index in [1.165, 1.54) is 17.6 Å². The second kappa shape index (κ2) is 8.61.